The van der Waals surface area contributed by atoms with Gasteiger partial charge in [0.2, 0.25) is 0 Å². The van der Waals surface area contributed by atoms with E-state index < -0.39 is 0 Å². The van der Waals surface area contributed by atoms with Crippen molar-refractivity contribution >= 4 is 0 Å². The molecule has 1 nitrogen and oxygen atoms in total. The van der Waals surface area contributed by atoms with Crippen molar-refractivity contribution in [3.8, 4) is 0 Å². The minimum absolute atomic E-state index is 0.333. The van der Waals surface area contributed by atoms with Crippen LogP contribution >= 0.6 is 0 Å². The van der Waals surface area contributed by atoms with Crippen LogP contribution in [0.1, 0.15) is 48.8 Å². The predicted molar refractivity (Wildman–Crippen MR) is 67.6 cm³/mol. The molecule has 0 aliphatic heterocycles. The van der Waals surface area contributed by atoms with Crippen molar-refractivity contribution in [1.29, 1.82) is 0 Å². The first-order valence-electron chi connectivity index (χ1n) is 6.58. The lowest BCUT2D eigenvalue weighted by atomic mass is 9.65. The number of hydrogen-bond donors (Lipinski definition) is 1. The van der Waals surface area contributed by atoms with E-state index >= 15 is 0 Å². The fourth-order valence-electron chi connectivity index (χ4n) is 3.80. The summed E-state index contributed by atoms with van der Waals surface area (Å²) in [6.07, 6.45) is 7.70. The van der Waals surface area contributed by atoms with Gasteiger partial charge in [0.25, 0.3) is 0 Å². The van der Waals surface area contributed by atoms with Crippen molar-refractivity contribution in [3.05, 3.63) is 34.9 Å². The van der Waals surface area contributed by atoms with E-state index in [0.717, 1.165) is 0 Å². The molecule has 0 amide bonds. The molecule has 2 aliphatic carbocycles. The molecule has 16 heavy (non-hydrogen) atoms. The van der Waals surface area contributed by atoms with E-state index in [2.05, 4.69) is 25.1 Å². The van der Waals surface area contributed by atoms with Crippen LogP contribution in [0.2, 0.25) is 0 Å². The van der Waals surface area contributed by atoms with Crippen LogP contribution in [-0.2, 0) is 11.8 Å². The standard InChI is InChI=1S/C15H21N/c1-11-4-5-12-6-7-14(16)15(13(12)10-11)8-2-3-9-15/h4-5,10,14H,2-3,6-9,16H2,1H3. The van der Waals surface area contributed by atoms with Gasteiger partial charge >= 0.3 is 0 Å². The minimum Gasteiger partial charge on any atom is -0.327 e. The molecule has 1 spiro atoms. The number of fused-ring (bicyclic) bond motifs is 2. The Balaban J connectivity index is 2.15. The van der Waals surface area contributed by atoms with Gasteiger partial charge in [-0.15, -0.1) is 0 Å². The highest BCUT2D eigenvalue weighted by Gasteiger charge is 2.44. The molecule has 0 heterocycles. The molecule has 86 valence electrons. The van der Waals surface area contributed by atoms with Crippen molar-refractivity contribution in [3.63, 3.8) is 0 Å². The average Bonchev–Trinajstić information content (AvgIpc) is 2.75. The molecule has 3 rings (SSSR count). The highest BCUT2D eigenvalue weighted by Crippen LogP contribution is 2.48. The SMILES string of the molecule is Cc1ccc2c(c1)C1(CCCC1)C(N)CC2. The summed E-state index contributed by atoms with van der Waals surface area (Å²) in [5.41, 5.74) is 11.3. The van der Waals surface area contributed by atoms with Gasteiger partial charge in [0.1, 0.15) is 0 Å². The summed E-state index contributed by atoms with van der Waals surface area (Å²) in [7, 11) is 0. The van der Waals surface area contributed by atoms with Gasteiger partial charge in [0.15, 0.2) is 0 Å². The highest BCUT2D eigenvalue weighted by molar-refractivity contribution is 5.42. The van der Waals surface area contributed by atoms with E-state index in [1.54, 1.807) is 11.1 Å². The molecule has 0 bridgehead atoms. The molecule has 1 heteroatoms. The lowest BCUT2D eigenvalue weighted by Gasteiger charge is -2.41. The second kappa shape index (κ2) is 3.59. The predicted octanol–water partition coefficient (Wildman–Crippen LogP) is 3.08. The first-order valence-corrected chi connectivity index (χ1v) is 6.58. The van der Waals surface area contributed by atoms with Crippen LogP contribution in [-0.4, -0.2) is 6.04 Å². The fourth-order valence-corrected chi connectivity index (χ4v) is 3.80. The van der Waals surface area contributed by atoms with E-state index in [1.807, 2.05) is 0 Å². The molecule has 2 N–H and O–H groups in total. The maximum absolute atomic E-state index is 6.44. The number of nitrogens with two attached hydrogens (primary N) is 1. The van der Waals surface area contributed by atoms with Gasteiger partial charge < -0.3 is 5.73 Å². The largest absolute Gasteiger partial charge is 0.327 e. The van der Waals surface area contributed by atoms with E-state index in [9.17, 15) is 0 Å². The van der Waals surface area contributed by atoms with Crippen LogP contribution in [0.15, 0.2) is 18.2 Å². The summed E-state index contributed by atoms with van der Waals surface area (Å²) in [6, 6.07) is 7.37. The fraction of sp³-hybridized carbons (Fsp3) is 0.600. The van der Waals surface area contributed by atoms with Gasteiger partial charge in [-0.25, -0.2) is 0 Å². The lowest BCUT2D eigenvalue weighted by molar-refractivity contribution is 0.313. The van der Waals surface area contributed by atoms with Crippen LogP contribution in [0.3, 0.4) is 0 Å². The van der Waals surface area contributed by atoms with Gasteiger partial charge in [-0.05, 0) is 43.7 Å². The van der Waals surface area contributed by atoms with Crippen molar-refractivity contribution in [2.45, 2.75) is 56.9 Å². The Hall–Kier alpha value is -0.820. The first-order chi connectivity index (χ1) is 7.72. The molecule has 1 atom stereocenters. The third-order valence-corrected chi connectivity index (χ3v) is 4.73. The summed E-state index contributed by atoms with van der Waals surface area (Å²) in [5.74, 6) is 0. The summed E-state index contributed by atoms with van der Waals surface area (Å²) < 4.78 is 0. The summed E-state index contributed by atoms with van der Waals surface area (Å²) in [4.78, 5) is 0. The highest BCUT2D eigenvalue weighted by atomic mass is 14.7. The number of benzene rings is 1. The van der Waals surface area contributed by atoms with Crippen LogP contribution in [0.5, 0.6) is 0 Å². The Bertz CT molecular complexity index is 402. The van der Waals surface area contributed by atoms with E-state index in [1.165, 1.54) is 44.1 Å². The number of aryl methyl sites for hydroxylation is 2. The summed E-state index contributed by atoms with van der Waals surface area (Å²) in [5, 5.41) is 0. The smallest absolute Gasteiger partial charge is 0.0140 e. The lowest BCUT2D eigenvalue weighted by Crippen LogP contribution is -2.47. The molecular weight excluding hydrogens is 194 g/mol. The van der Waals surface area contributed by atoms with Gasteiger partial charge in [0.05, 0.1) is 0 Å². The molecule has 0 aromatic heterocycles. The van der Waals surface area contributed by atoms with Crippen LogP contribution in [0.25, 0.3) is 0 Å². The molecule has 1 aromatic rings. The second-order valence-electron chi connectivity index (χ2n) is 5.67. The number of hydrogen-bond acceptors (Lipinski definition) is 1. The molecular formula is C15H21N. The third-order valence-electron chi connectivity index (χ3n) is 4.73. The van der Waals surface area contributed by atoms with Gasteiger partial charge in [-0.2, -0.15) is 0 Å². The normalized spacial score (nSPS) is 27.0. The molecule has 1 unspecified atom stereocenters. The Labute approximate surface area is 98.0 Å². The molecule has 1 saturated carbocycles. The number of rotatable bonds is 0. The van der Waals surface area contributed by atoms with Crippen LogP contribution in [0.4, 0.5) is 0 Å². The maximum atomic E-state index is 6.44. The van der Waals surface area contributed by atoms with Gasteiger partial charge in [-0.1, -0.05) is 36.6 Å². The zero-order chi connectivity index (χ0) is 11.2. The summed E-state index contributed by atoms with van der Waals surface area (Å²) in [6.45, 7) is 2.20. The summed E-state index contributed by atoms with van der Waals surface area (Å²) >= 11 is 0. The maximum Gasteiger partial charge on any atom is 0.0140 e. The Morgan fingerprint density at radius 3 is 2.75 bits per heavy atom. The third kappa shape index (κ3) is 1.34. The molecule has 0 radical (unpaired) electrons. The van der Waals surface area contributed by atoms with Crippen LogP contribution in [0, 0.1) is 6.92 Å². The monoisotopic (exact) mass is 215 g/mol. The van der Waals surface area contributed by atoms with Gasteiger partial charge in [0, 0.05) is 11.5 Å². The quantitative estimate of drug-likeness (QED) is 0.707. The van der Waals surface area contributed by atoms with Crippen molar-refractivity contribution < 1.29 is 0 Å². The molecule has 2 aliphatic rings. The molecule has 0 saturated heterocycles. The van der Waals surface area contributed by atoms with Crippen molar-refractivity contribution in [1.82, 2.24) is 0 Å². The Morgan fingerprint density at radius 1 is 1.25 bits per heavy atom. The van der Waals surface area contributed by atoms with Crippen LogP contribution < -0.4 is 5.73 Å². The second-order valence-corrected chi connectivity index (χ2v) is 5.67. The average molecular weight is 215 g/mol. The van der Waals surface area contributed by atoms with Gasteiger partial charge in [-0.3, -0.25) is 0 Å². The first kappa shape index (κ1) is 10.3. The van der Waals surface area contributed by atoms with Crippen molar-refractivity contribution in [2.75, 3.05) is 0 Å². The zero-order valence-electron chi connectivity index (χ0n) is 10.1. The van der Waals surface area contributed by atoms with E-state index in [-0.39, 0.29) is 0 Å². The Morgan fingerprint density at radius 2 is 2.00 bits per heavy atom. The zero-order valence-corrected chi connectivity index (χ0v) is 10.1. The van der Waals surface area contributed by atoms with Crippen molar-refractivity contribution in [2.24, 2.45) is 5.73 Å². The Kier molecular flexibility index (Phi) is 2.32. The molecule has 1 aromatic carbocycles. The molecule has 1 fully saturated rings. The minimum atomic E-state index is 0.333. The topological polar surface area (TPSA) is 26.0 Å². The van der Waals surface area contributed by atoms with E-state index in [0.29, 0.717) is 11.5 Å². The van der Waals surface area contributed by atoms with E-state index in [4.69, 9.17) is 5.73 Å².